The number of aromatic nitrogens is 1. The normalized spacial score (nSPS) is 31.7. The van der Waals surface area contributed by atoms with Gasteiger partial charge in [0.05, 0.1) is 0 Å². The molecule has 0 amide bonds. The molecular formula is C16H24N2. The molecule has 4 unspecified atom stereocenters. The molecule has 0 aliphatic heterocycles. The van der Waals surface area contributed by atoms with E-state index in [2.05, 4.69) is 29.5 Å². The van der Waals surface area contributed by atoms with Crippen molar-refractivity contribution in [1.29, 1.82) is 0 Å². The fourth-order valence-corrected chi connectivity index (χ4v) is 4.14. The van der Waals surface area contributed by atoms with Crippen LogP contribution in [0.15, 0.2) is 24.5 Å². The molecule has 0 spiro atoms. The third-order valence-corrected chi connectivity index (χ3v) is 5.11. The second-order valence-electron chi connectivity index (χ2n) is 6.22. The lowest BCUT2D eigenvalue weighted by atomic mass is 9.83. The Kier molecular flexibility index (Phi) is 3.64. The fraction of sp³-hybridized carbons (Fsp3) is 0.688. The molecule has 3 rings (SSSR count). The van der Waals surface area contributed by atoms with E-state index in [-0.39, 0.29) is 0 Å². The zero-order valence-corrected chi connectivity index (χ0v) is 11.3. The van der Waals surface area contributed by atoms with Crippen molar-refractivity contribution in [3.63, 3.8) is 0 Å². The molecule has 2 aliphatic carbocycles. The highest BCUT2D eigenvalue weighted by atomic mass is 14.9. The van der Waals surface area contributed by atoms with Crippen LogP contribution in [-0.4, -0.2) is 18.1 Å². The molecule has 1 aromatic heterocycles. The molecule has 1 heterocycles. The zero-order valence-electron chi connectivity index (χ0n) is 11.3. The maximum Gasteiger partial charge on any atom is 0.0270 e. The number of rotatable bonds is 5. The van der Waals surface area contributed by atoms with E-state index in [0.717, 1.165) is 24.2 Å². The Bertz CT molecular complexity index is 376. The van der Waals surface area contributed by atoms with Crippen molar-refractivity contribution in [2.45, 2.75) is 44.6 Å². The Morgan fingerprint density at radius 1 is 1.28 bits per heavy atom. The molecule has 4 atom stereocenters. The van der Waals surface area contributed by atoms with E-state index < -0.39 is 0 Å². The highest BCUT2D eigenvalue weighted by Gasteiger charge is 2.39. The van der Waals surface area contributed by atoms with E-state index in [1.807, 2.05) is 12.4 Å². The van der Waals surface area contributed by atoms with Crippen molar-refractivity contribution in [2.24, 2.45) is 17.8 Å². The van der Waals surface area contributed by atoms with Crippen molar-refractivity contribution in [1.82, 2.24) is 10.3 Å². The molecule has 1 N–H and O–H groups in total. The molecule has 2 saturated carbocycles. The Balaban J connectivity index is 1.56. The summed E-state index contributed by atoms with van der Waals surface area (Å²) in [5.74, 6) is 3.10. The number of hydrogen-bond donors (Lipinski definition) is 1. The van der Waals surface area contributed by atoms with Crippen LogP contribution in [0.4, 0.5) is 0 Å². The van der Waals surface area contributed by atoms with E-state index in [1.54, 1.807) is 0 Å². The van der Waals surface area contributed by atoms with Crippen LogP contribution < -0.4 is 5.32 Å². The Labute approximate surface area is 110 Å². The number of likely N-dealkylation sites (N-methyl/N-ethyl adjacent to an activating group) is 1. The Morgan fingerprint density at radius 2 is 2.11 bits per heavy atom. The topological polar surface area (TPSA) is 24.9 Å². The van der Waals surface area contributed by atoms with Crippen LogP contribution in [0, 0.1) is 17.8 Å². The number of pyridine rings is 1. The lowest BCUT2D eigenvalue weighted by Gasteiger charge is -2.26. The summed E-state index contributed by atoms with van der Waals surface area (Å²) in [6, 6.07) is 4.92. The minimum atomic E-state index is 0.636. The second-order valence-corrected chi connectivity index (χ2v) is 6.22. The first-order valence-electron chi connectivity index (χ1n) is 7.41. The van der Waals surface area contributed by atoms with Crippen molar-refractivity contribution in [2.75, 3.05) is 7.05 Å². The van der Waals surface area contributed by atoms with Crippen LogP contribution in [0.3, 0.4) is 0 Å². The number of hydrogen-bond acceptors (Lipinski definition) is 2. The number of fused-ring (bicyclic) bond motifs is 2. The standard InChI is InChI=1S/C16H24N2/c1-17-16(10-12-4-6-18-7-5-12)11-15-9-13-2-3-14(15)8-13/h4-7,13-17H,2-3,8-11H2,1H3. The number of nitrogens with one attached hydrogen (secondary N) is 1. The molecule has 2 nitrogen and oxygen atoms in total. The van der Waals surface area contributed by atoms with Crippen LogP contribution >= 0.6 is 0 Å². The molecular weight excluding hydrogens is 220 g/mol. The second kappa shape index (κ2) is 5.40. The van der Waals surface area contributed by atoms with E-state index in [4.69, 9.17) is 0 Å². The molecule has 2 fully saturated rings. The van der Waals surface area contributed by atoms with Crippen molar-refractivity contribution >= 4 is 0 Å². The van der Waals surface area contributed by atoms with Gasteiger partial charge in [-0.3, -0.25) is 4.98 Å². The van der Waals surface area contributed by atoms with E-state index in [1.165, 1.54) is 37.7 Å². The van der Waals surface area contributed by atoms with Gasteiger partial charge in [-0.05, 0) is 74.6 Å². The SMILES string of the molecule is CNC(Cc1ccncc1)CC1CC2CCC1C2. The van der Waals surface area contributed by atoms with Gasteiger partial charge in [0.1, 0.15) is 0 Å². The molecule has 1 aromatic rings. The predicted molar refractivity (Wildman–Crippen MR) is 74.3 cm³/mol. The first kappa shape index (κ1) is 12.2. The quantitative estimate of drug-likeness (QED) is 0.861. The average Bonchev–Trinajstić information content (AvgIpc) is 3.01. The summed E-state index contributed by atoms with van der Waals surface area (Å²) in [5, 5.41) is 3.52. The Morgan fingerprint density at radius 3 is 2.72 bits per heavy atom. The van der Waals surface area contributed by atoms with Gasteiger partial charge in [0.25, 0.3) is 0 Å². The molecule has 18 heavy (non-hydrogen) atoms. The van der Waals surface area contributed by atoms with Gasteiger partial charge in [-0.25, -0.2) is 0 Å². The van der Waals surface area contributed by atoms with Crippen LogP contribution in [0.2, 0.25) is 0 Å². The summed E-state index contributed by atoms with van der Waals surface area (Å²) >= 11 is 0. The third-order valence-electron chi connectivity index (χ3n) is 5.11. The van der Waals surface area contributed by atoms with Crippen molar-refractivity contribution in [3.05, 3.63) is 30.1 Å². The van der Waals surface area contributed by atoms with E-state index in [9.17, 15) is 0 Å². The number of nitrogens with zero attached hydrogens (tertiary/aromatic N) is 1. The maximum absolute atomic E-state index is 4.09. The van der Waals surface area contributed by atoms with Crippen molar-refractivity contribution in [3.8, 4) is 0 Å². The van der Waals surface area contributed by atoms with Gasteiger partial charge in [0.2, 0.25) is 0 Å². The zero-order chi connectivity index (χ0) is 12.4. The molecule has 0 radical (unpaired) electrons. The summed E-state index contributed by atoms with van der Waals surface area (Å²) in [6.45, 7) is 0. The van der Waals surface area contributed by atoms with Crippen LogP contribution in [-0.2, 0) is 6.42 Å². The summed E-state index contributed by atoms with van der Waals surface area (Å²) in [5.41, 5.74) is 1.41. The van der Waals surface area contributed by atoms with Gasteiger partial charge in [-0.2, -0.15) is 0 Å². The van der Waals surface area contributed by atoms with Gasteiger partial charge < -0.3 is 5.32 Å². The third kappa shape index (κ3) is 2.59. The lowest BCUT2D eigenvalue weighted by Crippen LogP contribution is -2.31. The van der Waals surface area contributed by atoms with E-state index in [0.29, 0.717) is 6.04 Å². The van der Waals surface area contributed by atoms with Crippen LogP contribution in [0.1, 0.15) is 37.7 Å². The smallest absolute Gasteiger partial charge is 0.0270 e. The largest absolute Gasteiger partial charge is 0.317 e. The van der Waals surface area contributed by atoms with Crippen molar-refractivity contribution < 1.29 is 0 Å². The van der Waals surface area contributed by atoms with Crippen LogP contribution in [0.5, 0.6) is 0 Å². The monoisotopic (exact) mass is 244 g/mol. The average molecular weight is 244 g/mol. The molecule has 2 bridgehead atoms. The van der Waals surface area contributed by atoms with Gasteiger partial charge in [-0.15, -0.1) is 0 Å². The molecule has 0 saturated heterocycles. The van der Waals surface area contributed by atoms with Gasteiger partial charge in [0.15, 0.2) is 0 Å². The fourth-order valence-electron chi connectivity index (χ4n) is 4.14. The first-order chi connectivity index (χ1) is 8.85. The highest BCUT2D eigenvalue weighted by molar-refractivity contribution is 5.11. The summed E-state index contributed by atoms with van der Waals surface area (Å²) in [6.07, 6.45) is 12.3. The summed E-state index contributed by atoms with van der Waals surface area (Å²) in [7, 11) is 2.11. The van der Waals surface area contributed by atoms with E-state index >= 15 is 0 Å². The van der Waals surface area contributed by atoms with Gasteiger partial charge >= 0.3 is 0 Å². The maximum atomic E-state index is 4.09. The van der Waals surface area contributed by atoms with Gasteiger partial charge in [0, 0.05) is 18.4 Å². The minimum absolute atomic E-state index is 0.636. The summed E-state index contributed by atoms with van der Waals surface area (Å²) < 4.78 is 0. The Hall–Kier alpha value is -0.890. The minimum Gasteiger partial charge on any atom is -0.317 e. The predicted octanol–water partition coefficient (Wildman–Crippen LogP) is 3.04. The molecule has 0 aromatic carbocycles. The van der Waals surface area contributed by atoms with Gasteiger partial charge in [-0.1, -0.05) is 6.42 Å². The highest BCUT2D eigenvalue weighted by Crippen LogP contribution is 2.49. The first-order valence-corrected chi connectivity index (χ1v) is 7.41. The summed E-state index contributed by atoms with van der Waals surface area (Å²) in [4.78, 5) is 4.09. The molecule has 98 valence electrons. The molecule has 2 aliphatic rings. The molecule has 2 heteroatoms. The lowest BCUT2D eigenvalue weighted by molar-refractivity contribution is 0.281. The van der Waals surface area contributed by atoms with Crippen LogP contribution in [0.25, 0.3) is 0 Å².